The molecule has 2 aliphatic heterocycles. The van der Waals surface area contributed by atoms with Crippen molar-refractivity contribution in [3.05, 3.63) is 35.6 Å². The summed E-state index contributed by atoms with van der Waals surface area (Å²) in [5.74, 6) is 0.111. The fourth-order valence-corrected chi connectivity index (χ4v) is 3.18. The summed E-state index contributed by atoms with van der Waals surface area (Å²) in [6.07, 6.45) is 1.84. The van der Waals surface area contributed by atoms with Gasteiger partial charge in [0, 0.05) is 39.3 Å². The molecule has 2 aliphatic rings. The molecule has 22 heavy (non-hydrogen) atoms. The summed E-state index contributed by atoms with van der Waals surface area (Å²) >= 11 is 0. The van der Waals surface area contributed by atoms with Gasteiger partial charge in [-0.05, 0) is 30.5 Å². The summed E-state index contributed by atoms with van der Waals surface area (Å²) in [5.41, 5.74) is 1.12. The Bertz CT molecular complexity index is 500. The first-order chi connectivity index (χ1) is 10.7. The minimum Gasteiger partial charge on any atom is -0.381 e. The summed E-state index contributed by atoms with van der Waals surface area (Å²) in [7, 11) is 0. The van der Waals surface area contributed by atoms with Gasteiger partial charge in [0.05, 0.1) is 12.5 Å². The highest BCUT2D eigenvalue weighted by atomic mass is 19.1. The van der Waals surface area contributed by atoms with Crippen LogP contribution in [0.3, 0.4) is 0 Å². The van der Waals surface area contributed by atoms with Crippen LogP contribution in [-0.4, -0.2) is 55.1 Å². The average Bonchev–Trinajstić information content (AvgIpc) is 2.96. The maximum absolute atomic E-state index is 13.0. The van der Waals surface area contributed by atoms with Crippen molar-refractivity contribution >= 4 is 5.91 Å². The highest BCUT2D eigenvalue weighted by molar-refractivity contribution is 5.79. The summed E-state index contributed by atoms with van der Waals surface area (Å²) in [4.78, 5) is 16.8. The molecule has 3 rings (SSSR count). The van der Waals surface area contributed by atoms with Gasteiger partial charge in [-0.15, -0.1) is 0 Å². The Kier molecular flexibility index (Phi) is 5.05. The van der Waals surface area contributed by atoms with E-state index in [-0.39, 0.29) is 17.6 Å². The van der Waals surface area contributed by atoms with Crippen molar-refractivity contribution in [3.8, 4) is 0 Å². The van der Waals surface area contributed by atoms with E-state index in [4.69, 9.17) is 4.74 Å². The van der Waals surface area contributed by atoms with E-state index in [0.29, 0.717) is 13.2 Å². The Hall–Kier alpha value is -1.46. The molecule has 1 amide bonds. The zero-order valence-electron chi connectivity index (χ0n) is 12.8. The minimum absolute atomic E-state index is 0.0589. The third kappa shape index (κ3) is 3.84. The van der Waals surface area contributed by atoms with Crippen LogP contribution in [0, 0.1) is 11.7 Å². The SMILES string of the molecule is O=C(C1CCOC1)N1CCCN(Cc2ccc(F)cc2)CC1. The third-order valence-electron chi connectivity index (χ3n) is 4.50. The van der Waals surface area contributed by atoms with E-state index in [1.807, 2.05) is 17.0 Å². The largest absolute Gasteiger partial charge is 0.381 e. The second kappa shape index (κ2) is 7.20. The van der Waals surface area contributed by atoms with Crippen LogP contribution in [0.2, 0.25) is 0 Å². The Morgan fingerprint density at radius 3 is 2.73 bits per heavy atom. The van der Waals surface area contributed by atoms with Gasteiger partial charge in [0.25, 0.3) is 0 Å². The smallest absolute Gasteiger partial charge is 0.228 e. The van der Waals surface area contributed by atoms with Crippen molar-refractivity contribution < 1.29 is 13.9 Å². The highest BCUT2D eigenvalue weighted by Gasteiger charge is 2.29. The number of hydrogen-bond acceptors (Lipinski definition) is 3. The van der Waals surface area contributed by atoms with Gasteiger partial charge in [0.1, 0.15) is 5.82 Å². The van der Waals surface area contributed by atoms with Gasteiger partial charge in [-0.1, -0.05) is 12.1 Å². The molecule has 0 aliphatic carbocycles. The third-order valence-corrected chi connectivity index (χ3v) is 4.50. The molecular weight excluding hydrogens is 283 g/mol. The number of ether oxygens (including phenoxy) is 1. The number of rotatable bonds is 3. The van der Waals surface area contributed by atoms with Crippen molar-refractivity contribution in [1.82, 2.24) is 9.80 Å². The molecule has 2 heterocycles. The highest BCUT2D eigenvalue weighted by Crippen LogP contribution is 2.17. The maximum atomic E-state index is 13.0. The average molecular weight is 306 g/mol. The van der Waals surface area contributed by atoms with Crippen LogP contribution in [0.25, 0.3) is 0 Å². The topological polar surface area (TPSA) is 32.8 Å². The first kappa shape index (κ1) is 15.4. The van der Waals surface area contributed by atoms with Crippen LogP contribution in [0.1, 0.15) is 18.4 Å². The molecule has 1 unspecified atom stereocenters. The van der Waals surface area contributed by atoms with E-state index in [1.54, 1.807) is 0 Å². The van der Waals surface area contributed by atoms with Crippen molar-refractivity contribution in [2.24, 2.45) is 5.92 Å². The first-order valence-corrected chi connectivity index (χ1v) is 8.06. The number of carbonyl (C=O) groups excluding carboxylic acids is 1. The molecule has 0 N–H and O–H groups in total. The molecule has 2 fully saturated rings. The van der Waals surface area contributed by atoms with Crippen molar-refractivity contribution in [1.29, 1.82) is 0 Å². The van der Waals surface area contributed by atoms with Gasteiger partial charge < -0.3 is 9.64 Å². The molecule has 1 atom stereocenters. The lowest BCUT2D eigenvalue weighted by Gasteiger charge is -2.24. The Morgan fingerprint density at radius 2 is 2.00 bits per heavy atom. The van der Waals surface area contributed by atoms with Crippen LogP contribution in [0.5, 0.6) is 0 Å². The van der Waals surface area contributed by atoms with Crippen molar-refractivity contribution in [2.45, 2.75) is 19.4 Å². The predicted octanol–water partition coefficient (Wildman–Crippen LogP) is 1.90. The molecule has 0 spiro atoms. The number of carbonyl (C=O) groups is 1. The molecule has 5 heteroatoms. The fourth-order valence-electron chi connectivity index (χ4n) is 3.18. The van der Waals surface area contributed by atoms with Crippen molar-refractivity contribution in [2.75, 3.05) is 39.4 Å². The monoisotopic (exact) mass is 306 g/mol. The van der Waals surface area contributed by atoms with E-state index in [1.165, 1.54) is 12.1 Å². The quantitative estimate of drug-likeness (QED) is 0.855. The molecule has 0 bridgehead atoms. The lowest BCUT2D eigenvalue weighted by Crippen LogP contribution is -2.39. The second-order valence-corrected chi connectivity index (χ2v) is 6.14. The van der Waals surface area contributed by atoms with Crippen molar-refractivity contribution in [3.63, 3.8) is 0 Å². The van der Waals surface area contributed by atoms with Gasteiger partial charge in [-0.3, -0.25) is 9.69 Å². The van der Waals surface area contributed by atoms with E-state index in [2.05, 4.69) is 4.90 Å². The Balaban J connectivity index is 1.53. The summed E-state index contributed by atoms with van der Waals surface area (Å²) < 4.78 is 18.3. The number of amides is 1. The number of halogens is 1. The molecule has 0 aromatic heterocycles. The summed E-state index contributed by atoms with van der Waals surface area (Å²) in [6.45, 7) is 5.55. The minimum atomic E-state index is -0.199. The molecule has 1 aromatic rings. The van der Waals surface area contributed by atoms with Gasteiger partial charge in [0.2, 0.25) is 5.91 Å². The van der Waals surface area contributed by atoms with Crippen LogP contribution in [0.15, 0.2) is 24.3 Å². The number of nitrogens with zero attached hydrogens (tertiary/aromatic N) is 2. The standard InChI is InChI=1S/C17H23FN2O2/c18-16-4-2-14(3-5-16)12-19-7-1-8-20(10-9-19)17(21)15-6-11-22-13-15/h2-5,15H,1,6-13H2. The van der Waals surface area contributed by atoms with Crippen LogP contribution in [0.4, 0.5) is 4.39 Å². The Labute approximate surface area is 130 Å². The zero-order valence-corrected chi connectivity index (χ0v) is 12.8. The number of hydrogen-bond donors (Lipinski definition) is 0. The molecule has 0 saturated carbocycles. The normalized spacial score (nSPS) is 23.5. The molecule has 2 saturated heterocycles. The van der Waals surface area contributed by atoms with E-state index in [9.17, 15) is 9.18 Å². The molecular formula is C17H23FN2O2. The second-order valence-electron chi connectivity index (χ2n) is 6.14. The summed E-state index contributed by atoms with van der Waals surface area (Å²) in [6, 6.07) is 6.67. The van der Waals surface area contributed by atoms with Gasteiger partial charge in [0.15, 0.2) is 0 Å². The lowest BCUT2D eigenvalue weighted by molar-refractivity contribution is -0.135. The first-order valence-electron chi connectivity index (χ1n) is 8.06. The van der Waals surface area contributed by atoms with E-state index < -0.39 is 0 Å². The van der Waals surface area contributed by atoms with Crippen LogP contribution < -0.4 is 0 Å². The van der Waals surface area contributed by atoms with Gasteiger partial charge in [-0.25, -0.2) is 4.39 Å². The Morgan fingerprint density at radius 1 is 1.18 bits per heavy atom. The lowest BCUT2D eigenvalue weighted by atomic mass is 10.1. The summed E-state index contributed by atoms with van der Waals surface area (Å²) in [5, 5.41) is 0. The number of benzene rings is 1. The van der Waals surface area contributed by atoms with Crippen LogP contribution in [-0.2, 0) is 16.1 Å². The van der Waals surface area contributed by atoms with E-state index >= 15 is 0 Å². The zero-order chi connectivity index (χ0) is 15.4. The molecule has 1 aromatic carbocycles. The van der Waals surface area contributed by atoms with Gasteiger partial charge >= 0.3 is 0 Å². The van der Waals surface area contributed by atoms with Gasteiger partial charge in [-0.2, -0.15) is 0 Å². The molecule has 120 valence electrons. The predicted molar refractivity (Wildman–Crippen MR) is 81.8 cm³/mol. The maximum Gasteiger partial charge on any atom is 0.228 e. The fraction of sp³-hybridized carbons (Fsp3) is 0.588. The molecule has 0 radical (unpaired) electrons. The molecule has 4 nitrogen and oxygen atoms in total. The van der Waals surface area contributed by atoms with E-state index in [0.717, 1.165) is 51.1 Å². The van der Waals surface area contributed by atoms with Crippen LogP contribution >= 0.6 is 0 Å².